The van der Waals surface area contributed by atoms with Crippen LogP contribution < -0.4 is 0 Å². The topological polar surface area (TPSA) is 109 Å². The molecule has 0 aromatic carbocycles. The summed E-state index contributed by atoms with van der Waals surface area (Å²) in [5.41, 5.74) is 1.46. The minimum Gasteiger partial charge on any atom is -0.396 e. The minimum atomic E-state index is -0.221. The molecule has 0 radical (unpaired) electrons. The van der Waals surface area contributed by atoms with Crippen molar-refractivity contribution in [3.8, 4) is 0 Å². The number of aliphatic hydroxyl groups excluding tert-OH is 2. The van der Waals surface area contributed by atoms with Crippen LogP contribution in [0.2, 0.25) is 0 Å². The van der Waals surface area contributed by atoms with Gasteiger partial charge in [0.1, 0.15) is 0 Å². The van der Waals surface area contributed by atoms with Gasteiger partial charge in [0.05, 0.1) is 0 Å². The van der Waals surface area contributed by atoms with Gasteiger partial charge in [-0.1, -0.05) is 27.7 Å². The average Bonchev–Trinajstić information content (AvgIpc) is 2.79. The number of hydrogen-bond acceptors (Lipinski definition) is 6. The first kappa shape index (κ1) is 28.8. The molecule has 0 atom stereocenters. The Morgan fingerprint density at radius 3 is 1.11 bits per heavy atom. The quantitative estimate of drug-likeness (QED) is 0.350. The van der Waals surface area contributed by atoms with Crippen molar-refractivity contribution in [3.05, 3.63) is 46.6 Å². The zero-order valence-corrected chi connectivity index (χ0v) is 21.6. The zero-order chi connectivity index (χ0) is 26.2. The van der Waals surface area contributed by atoms with Crippen LogP contribution in [0, 0.1) is 10.8 Å². The zero-order valence-electron chi connectivity index (χ0n) is 21.6. The highest BCUT2D eigenvalue weighted by Gasteiger charge is 2.25. The molecule has 0 unspecified atom stereocenters. The van der Waals surface area contributed by atoms with E-state index in [1.54, 1.807) is 0 Å². The maximum Gasteiger partial charge on any atom is 0.185 e. The van der Waals surface area contributed by atoms with Crippen molar-refractivity contribution in [1.29, 1.82) is 0 Å². The molecule has 35 heavy (non-hydrogen) atoms. The normalized spacial score (nSPS) is 17.3. The van der Waals surface area contributed by atoms with Gasteiger partial charge in [-0.05, 0) is 92.9 Å². The number of hydrogen-bond donors (Lipinski definition) is 2. The van der Waals surface area contributed by atoms with Crippen LogP contribution in [0.1, 0.15) is 85.5 Å². The highest BCUT2D eigenvalue weighted by molar-refractivity contribution is 6.21. The van der Waals surface area contributed by atoms with Gasteiger partial charge in [-0.2, -0.15) is 0 Å². The summed E-state index contributed by atoms with van der Waals surface area (Å²) in [5.74, 6) is -0.651. The molecule has 6 nitrogen and oxygen atoms in total. The van der Waals surface area contributed by atoms with E-state index in [9.17, 15) is 29.4 Å². The highest BCUT2D eigenvalue weighted by Crippen LogP contribution is 2.29. The summed E-state index contributed by atoms with van der Waals surface area (Å²) in [5, 5.41) is 18.8. The van der Waals surface area contributed by atoms with Crippen LogP contribution in [0.5, 0.6) is 0 Å². The number of aliphatic hydroxyl groups is 2. The minimum absolute atomic E-state index is 0.0682. The molecule has 0 bridgehead atoms. The summed E-state index contributed by atoms with van der Waals surface area (Å²) in [6, 6.07) is 0. The van der Waals surface area contributed by atoms with Gasteiger partial charge in [-0.15, -0.1) is 0 Å². The van der Waals surface area contributed by atoms with Crippen molar-refractivity contribution in [3.63, 3.8) is 0 Å². The molecule has 2 aliphatic rings. The third-order valence-corrected chi connectivity index (χ3v) is 6.78. The Balaban J connectivity index is 1.89. The molecule has 0 fully saturated rings. The van der Waals surface area contributed by atoms with Crippen LogP contribution in [0.15, 0.2) is 46.6 Å². The van der Waals surface area contributed by atoms with E-state index in [1.807, 2.05) is 27.7 Å². The number of carbonyl (C=O) groups is 4. The Labute approximate surface area is 208 Å². The monoisotopic (exact) mass is 484 g/mol. The fourth-order valence-corrected chi connectivity index (χ4v) is 4.33. The van der Waals surface area contributed by atoms with Crippen LogP contribution in [0.4, 0.5) is 0 Å². The fraction of sp³-hybridized carbons (Fsp3) is 0.586. The molecule has 0 aliphatic heterocycles. The molecule has 2 rings (SSSR count). The van der Waals surface area contributed by atoms with Gasteiger partial charge < -0.3 is 10.2 Å². The number of rotatable bonds is 14. The lowest BCUT2D eigenvalue weighted by Gasteiger charge is -2.22. The van der Waals surface area contributed by atoms with Crippen molar-refractivity contribution in [1.82, 2.24) is 0 Å². The lowest BCUT2D eigenvalue weighted by molar-refractivity contribution is -0.115. The van der Waals surface area contributed by atoms with Gasteiger partial charge in [-0.3, -0.25) is 19.2 Å². The third kappa shape index (κ3) is 8.93. The van der Waals surface area contributed by atoms with Gasteiger partial charge in [0.25, 0.3) is 0 Å². The van der Waals surface area contributed by atoms with E-state index in [1.165, 1.54) is 24.3 Å². The number of carbonyl (C=O) groups excluding carboxylic acids is 4. The number of allylic oxidation sites excluding steroid dienone is 8. The van der Waals surface area contributed by atoms with E-state index >= 15 is 0 Å². The standard InChI is InChI=1S/C29H40O6/c1-28(2,18-30)12-6-10-22-16-24(32)14-20(26(22)34)8-5-9-21-15-25(33)17-23(27(21)35)11-7-13-29(3,4)19-31/h14-17,30-31H,5-13,18-19H2,1-4H3. The largest absolute Gasteiger partial charge is 0.396 e. The summed E-state index contributed by atoms with van der Waals surface area (Å²) in [7, 11) is 0. The summed E-state index contributed by atoms with van der Waals surface area (Å²) >= 11 is 0. The predicted molar refractivity (Wildman–Crippen MR) is 136 cm³/mol. The average molecular weight is 485 g/mol. The summed E-state index contributed by atoms with van der Waals surface area (Å²) in [6.07, 6.45) is 10.7. The highest BCUT2D eigenvalue weighted by atomic mass is 16.3. The first-order valence-corrected chi connectivity index (χ1v) is 12.6. The van der Waals surface area contributed by atoms with Gasteiger partial charge >= 0.3 is 0 Å². The lowest BCUT2D eigenvalue weighted by atomic mass is 9.84. The van der Waals surface area contributed by atoms with E-state index < -0.39 is 0 Å². The van der Waals surface area contributed by atoms with Crippen molar-refractivity contribution >= 4 is 23.1 Å². The van der Waals surface area contributed by atoms with Gasteiger partial charge in [0.2, 0.25) is 0 Å². The summed E-state index contributed by atoms with van der Waals surface area (Å²) < 4.78 is 0. The molecular formula is C29H40O6. The van der Waals surface area contributed by atoms with E-state index in [4.69, 9.17) is 0 Å². The lowest BCUT2D eigenvalue weighted by Crippen LogP contribution is -2.19. The van der Waals surface area contributed by atoms with Gasteiger partial charge in [0.15, 0.2) is 23.1 Å². The van der Waals surface area contributed by atoms with Crippen LogP contribution >= 0.6 is 0 Å². The van der Waals surface area contributed by atoms with Gasteiger partial charge in [-0.25, -0.2) is 0 Å². The van der Waals surface area contributed by atoms with Crippen molar-refractivity contribution in [2.45, 2.75) is 85.5 Å². The molecule has 2 N–H and O–H groups in total. The fourth-order valence-electron chi connectivity index (χ4n) is 4.33. The SMILES string of the molecule is CC(C)(CO)CCCC1=CC(=O)C=C(CCCC2=CC(=O)C=C(CCCC(C)(C)CO)C2=O)C1=O. The van der Waals surface area contributed by atoms with Crippen LogP contribution in [-0.2, 0) is 19.2 Å². The smallest absolute Gasteiger partial charge is 0.185 e. The Kier molecular flexibility index (Phi) is 10.3. The second-order valence-electron chi connectivity index (χ2n) is 11.3. The van der Waals surface area contributed by atoms with E-state index in [0.717, 1.165) is 12.8 Å². The number of ketones is 4. The Hall–Kier alpha value is -2.44. The summed E-state index contributed by atoms with van der Waals surface area (Å²) in [6.45, 7) is 7.98. The molecule has 0 heterocycles. The first-order valence-electron chi connectivity index (χ1n) is 12.6. The number of Topliss-reactive ketones (excluding diaryl/α,β-unsaturated/α-hetero) is 2. The van der Waals surface area contributed by atoms with E-state index in [2.05, 4.69) is 0 Å². The van der Waals surface area contributed by atoms with E-state index in [0.29, 0.717) is 67.2 Å². The van der Waals surface area contributed by atoms with Crippen LogP contribution in [0.25, 0.3) is 0 Å². The predicted octanol–water partition coefficient (Wildman–Crippen LogP) is 4.54. The molecule has 0 aromatic heterocycles. The maximum absolute atomic E-state index is 12.9. The molecule has 0 spiro atoms. The molecule has 192 valence electrons. The summed E-state index contributed by atoms with van der Waals surface area (Å²) in [4.78, 5) is 50.1. The second-order valence-corrected chi connectivity index (χ2v) is 11.3. The third-order valence-electron chi connectivity index (χ3n) is 6.78. The van der Waals surface area contributed by atoms with Crippen molar-refractivity contribution < 1.29 is 29.4 Å². The van der Waals surface area contributed by atoms with Crippen molar-refractivity contribution in [2.24, 2.45) is 10.8 Å². The van der Waals surface area contributed by atoms with Crippen LogP contribution in [0.3, 0.4) is 0 Å². The Bertz CT molecular complexity index is 893. The Morgan fingerprint density at radius 2 is 0.829 bits per heavy atom. The Morgan fingerprint density at radius 1 is 0.543 bits per heavy atom. The molecule has 6 heteroatoms. The molecule has 2 aliphatic carbocycles. The van der Waals surface area contributed by atoms with Crippen molar-refractivity contribution in [2.75, 3.05) is 13.2 Å². The molecular weight excluding hydrogens is 444 g/mol. The second kappa shape index (κ2) is 12.5. The van der Waals surface area contributed by atoms with Crippen LogP contribution in [-0.4, -0.2) is 46.6 Å². The maximum atomic E-state index is 12.9. The first-order chi connectivity index (χ1) is 16.4. The van der Waals surface area contributed by atoms with Gasteiger partial charge in [0, 0.05) is 35.5 Å². The molecule has 0 amide bonds. The molecule has 0 saturated carbocycles. The molecule has 0 saturated heterocycles. The van der Waals surface area contributed by atoms with E-state index in [-0.39, 0.29) is 47.2 Å². The molecule has 0 aromatic rings.